The Morgan fingerprint density at radius 3 is 2.66 bits per heavy atom. The molecule has 0 spiro atoms. The Kier molecular flexibility index (Phi) is 5.47. The molecule has 2 heterocycles. The van der Waals surface area contributed by atoms with Crippen LogP contribution in [-0.4, -0.2) is 40.2 Å². The van der Waals surface area contributed by atoms with Gasteiger partial charge in [0.25, 0.3) is 11.5 Å². The molecule has 1 aliphatic rings. The summed E-state index contributed by atoms with van der Waals surface area (Å²) >= 11 is 0. The number of likely N-dealkylation sites (tertiary alicyclic amines) is 1. The molecule has 6 nitrogen and oxygen atoms in total. The minimum Gasteiger partial charge on any atom is -0.304 e. The van der Waals surface area contributed by atoms with Crippen molar-refractivity contribution in [3.05, 3.63) is 76.2 Å². The average molecular weight is 391 g/mol. The molecule has 0 atom stereocenters. The fourth-order valence-electron chi connectivity index (χ4n) is 4.16. The first-order valence-corrected chi connectivity index (χ1v) is 10.0. The third-order valence-corrected chi connectivity index (χ3v) is 5.92. The summed E-state index contributed by atoms with van der Waals surface area (Å²) in [5, 5.41) is 10.1. The summed E-state index contributed by atoms with van der Waals surface area (Å²) in [5.41, 5.74) is 3.75. The molecule has 6 heteroatoms. The number of rotatable bonds is 4. The van der Waals surface area contributed by atoms with Crippen molar-refractivity contribution in [3.63, 3.8) is 0 Å². The van der Waals surface area contributed by atoms with Gasteiger partial charge in [0, 0.05) is 22.8 Å². The van der Waals surface area contributed by atoms with E-state index in [0.717, 1.165) is 43.5 Å². The van der Waals surface area contributed by atoms with E-state index in [1.165, 1.54) is 11.6 Å². The molecule has 0 radical (unpaired) electrons. The Hall–Kier alpha value is -2.96. The summed E-state index contributed by atoms with van der Waals surface area (Å²) in [6, 6.07) is 14.9. The van der Waals surface area contributed by atoms with Crippen molar-refractivity contribution >= 4 is 16.7 Å². The van der Waals surface area contributed by atoms with Crippen molar-refractivity contribution < 1.29 is 10.0 Å². The molecular weight excluding hydrogens is 366 g/mol. The maximum atomic E-state index is 13.1. The number of hydrogen-bond donors (Lipinski definition) is 2. The third kappa shape index (κ3) is 3.81. The van der Waals surface area contributed by atoms with Crippen LogP contribution in [0.5, 0.6) is 0 Å². The van der Waals surface area contributed by atoms with E-state index < -0.39 is 5.91 Å². The van der Waals surface area contributed by atoms with Crippen molar-refractivity contribution in [3.8, 4) is 5.69 Å². The highest BCUT2D eigenvalue weighted by atomic mass is 16.5. The van der Waals surface area contributed by atoms with E-state index in [4.69, 9.17) is 5.21 Å². The van der Waals surface area contributed by atoms with Gasteiger partial charge in [-0.05, 0) is 79.7 Å². The lowest BCUT2D eigenvalue weighted by atomic mass is 9.89. The molecule has 2 aromatic carbocycles. The summed E-state index contributed by atoms with van der Waals surface area (Å²) in [6.45, 7) is 5.51. The third-order valence-electron chi connectivity index (χ3n) is 5.92. The molecule has 1 aromatic heterocycles. The minimum absolute atomic E-state index is 0.187. The predicted molar refractivity (Wildman–Crippen MR) is 113 cm³/mol. The van der Waals surface area contributed by atoms with Gasteiger partial charge in [-0.25, -0.2) is 5.48 Å². The zero-order chi connectivity index (χ0) is 20.4. The van der Waals surface area contributed by atoms with Crippen molar-refractivity contribution in [1.82, 2.24) is 14.9 Å². The van der Waals surface area contributed by atoms with Crippen LogP contribution in [0.2, 0.25) is 0 Å². The Morgan fingerprint density at radius 1 is 1.14 bits per heavy atom. The van der Waals surface area contributed by atoms with E-state index >= 15 is 0 Å². The second-order valence-corrected chi connectivity index (χ2v) is 7.54. The zero-order valence-corrected chi connectivity index (χ0v) is 16.5. The van der Waals surface area contributed by atoms with Gasteiger partial charge in [-0.15, -0.1) is 0 Å². The number of nitrogens with one attached hydrogen (secondary N) is 1. The molecule has 1 fully saturated rings. The van der Waals surface area contributed by atoms with E-state index in [9.17, 15) is 9.59 Å². The van der Waals surface area contributed by atoms with Crippen LogP contribution in [0.1, 0.15) is 41.6 Å². The van der Waals surface area contributed by atoms with E-state index in [1.54, 1.807) is 28.4 Å². The van der Waals surface area contributed by atoms with Crippen LogP contribution in [-0.2, 0) is 0 Å². The topological polar surface area (TPSA) is 74.6 Å². The number of carbonyl (C=O) groups excluding carboxylic acids is 1. The first-order valence-electron chi connectivity index (χ1n) is 10.0. The second kappa shape index (κ2) is 8.19. The maximum absolute atomic E-state index is 13.1. The molecule has 3 aromatic rings. The van der Waals surface area contributed by atoms with Gasteiger partial charge in [0.2, 0.25) is 0 Å². The Bertz CT molecular complexity index is 1100. The average Bonchev–Trinajstić information content (AvgIpc) is 2.79. The molecule has 1 aliphatic heterocycles. The Balaban J connectivity index is 1.70. The lowest BCUT2D eigenvalue weighted by molar-refractivity contribution is 0.0706. The number of aromatic nitrogens is 1. The molecule has 29 heavy (non-hydrogen) atoms. The number of benzene rings is 2. The summed E-state index contributed by atoms with van der Waals surface area (Å²) in [6.07, 6.45) is 4.03. The number of amides is 1. The van der Waals surface area contributed by atoms with Crippen molar-refractivity contribution in [2.45, 2.75) is 25.7 Å². The standard InChI is InChI=1S/C23H25N3O3/c1-2-25-11-8-16(9-12-25)18-4-3-5-20(14-18)26-13-10-17-6-7-19(22(27)24-29)15-21(17)23(26)28/h3-7,10,13-16,29H,2,8-9,11-12H2,1H3,(H,24,27). The molecular formula is C23H25N3O3. The predicted octanol–water partition coefficient (Wildman–Crippen LogP) is 3.31. The lowest BCUT2D eigenvalue weighted by Gasteiger charge is -2.31. The number of fused-ring (bicyclic) bond motifs is 1. The molecule has 150 valence electrons. The van der Waals surface area contributed by atoms with Gasteiger partial charge in [-0.3, -0.25) is 19.4 Å². The summed E-state index contributed by atoms with van der Waals surface area (Å²) in [4.78, 5) is 27.3. The van der Waals surface area contributed by atoms with Crippen LogP contribution in [0.4, 0.5) is 0 Å². The number of nitrogens with zero attached hydrogens (tertiary/aromatic N) is 2. The molecule has 1 amide bonds. The number of pyridine rings is 1. The molecule has 0 aliphatic carbocycles. The zero-order valence-electron chi connectivity index (χ0n) is 16.5. The van der Waals surface area contributed by atoms with Crippen LogP contribution in [0, 0.1) is 0 Å². The first kappa shape index (κ1) is 19.4. The molecule has 0 saturated carbocycles. The number of hydrogen-bond acceptors (Lipinski definition) is 4. The minimum atomic E-state index is -0.637. The summed E-state index contributed by atoms with van der Waals surface area (Å²) in [7, 11) is 0. The smallest absolute Gasteiger partial charge is 0.274 e. The largest absolute Gasteiger partial charge is 0.304 e. The molecule has 4 rings (SSSR count). The van der Waals surface area contributed by atoms with Gasteiger partial charge in [0.1, 0.15) is 0 Å². The van der Waals surface area contributed by atoms with E-state index in [0.29, 0.717) is 11.3 Å². The van der Waals surface area contributed by atoms with Gasteiger partial charge in [0.15, 0.2) is 0 Å². The fraction of sp³-hybridized carbons (Fsp3) is 0.304. The van der Waals surface area contributed by atoms with Gasteiger partial charge in [0.05, 0.1) is 0 Å². The molecule has 0 bridgehead atoms. The van der Waals surface area contributed by atoms with Crippen LogP contribution in [0.15, 0.2) is 59.5 Å². The van der Waals surface area contributed by atoms with Crippen molar-refractivity contribution in [2.75, 3.05) is 19.6 Å². The van der Waals surface area contributed by atoms with Crippen LogP contribution >= 0.6 is 0 Å². The molecule has 1 saturated heterocycles. The lowest BCUT2D eigenvalue weighted by Crippen LogP contribution is -2.32. The highest BCUT2D eigenvalue weighted by molar-refractivity contribution is 5.97. The van der Waals surface area contributed by atoms with E-state index in [1.807, 2.05) is 18.2 Å². The Labute approximate surface area is 169 Å². The highest BCUT2D eigenvalue weighted by Gasteiger charge is 2.20. The summed E-state index contributed by atoms with van der Waals surface area (Å²) in [5.74, 6) is -0.129. The normalized spacial score (nSPS) is 15.5. The van der Waals surface area contributed by atoms with Gasteiger partial charge < -0.3 is 4.90 Å². The van der Waals surface area contributed by atoms with Crippen LogP contribution < -0.4 is 11.0 Å². The van der Waals surface area contributed by atoms with Crippen molar-refractivity contribution in [2.24, 2.45) is 0 Å². The SMILES string of the molecule is CCN1CCC(c2cccc(-n3ccc4ccc(C(=O)NO)cc4c3=O)c2)CC1. The van der Waals surface area contributed by atoms with Gasteiger partial charge in [-0.2, -0.15) is 0 Å². The molecule has 2 N–H and O–H groups in total. The monoisotopic (exact) mass is 391 g/mol. The van der Waals surface area contributed by atoms with E-state index in [2.05, 4.69) is 24.0 Å². The molecule has 0 unspecified atom stereocenters. The quantitative estimate of drug-likeness (QED) is 0.529. The number of carbonyl (C=O) groups is 1. The Morgan fingerprint density at radius 2 is 1.93 bits per heavy atom. The number of piperidine rings is 1. The second-order valence-electron chi connectivity index (χ2n) is 7.54. The first-order chi connectivity index (χ1) is 14.1. The summed E-state index contributed by atoms with van der Waals surface area (Å²) < 4.78 is 1.62. The van der Waals surface area contributed by atoms with Crippen LogP contribution in [0.25, 0.3) is 16.5 Å². The fourth-order valence-corrected chi connectivity index (χ4v) is 4.16. The number of hydroxylamine groups is 1. The van der Waals surface area contributed by atoms with E-state index in [-0.39, 0.29) is 11.1 Å². The van der Waals surface area contributed by atoms with Gasteiger partial charge >= 0.3 is 0 Å². The maximum Gasteiger partial charge on any atom is 0.274 e. The van der Waals surface area contributed by atoms with Gasteiger partial charge in [-0.1, -0.05) is 25.1 Å². The highest BCUT2D eigenvalue weighted by Crippen LogP contribution is 2.29. The van der Waals surface area contributed by atoms with Crippen molar-refractivity contribution in [1.29, 1.82) is 0 Å². The van der Waals surface area contributed by atoms with Crippen LogP contribution in [0.3, 0.4) is 0 Å².